The molecule has 26 heavy (non-hydrogen) atoms. The molecule has 0 aliphatic carbocycles. The number of piperidine rings is 1. The predicted octanol–water partition coefficient (Wildman–Crippen LogP) is 4.53. The molecule has 0 saturated carbocycles. The highest BCUT2D eigenvalue weighted by Gasteiger charge is 2.34. The van der Waals surface area contributed by atoms with Crippen LogP contribution in [0.5, 0.6) is 5.88 Å². The molecule has 1 fully saturated rings. The normalized spacial score (nSPS) is 22.8. The number of likely N-dealkylation sites (tertiary alicyclic amines) is 1. The number of hydrogen-bond acceptors (Lipinski definition) is 5. The van der Waals surface area contributed by atoms with Gasteiger partial charge in [-0.25, -0.2) is 4.98 Å². The minimum atomic E-state index is -0.0947. The Morgan fingerprint density at radius 1 is 1.23 bits per heavy atom. The van der Waals surface area contributed by atoms with Crippen LogP contribution in [0.3, 0.4) is 0 Å². The molecular weight excluding hydrogens is 368 g/mol. The minimum Gasteiger partial charge on any atom is -0.492 e. The summed E-state index contributed by atoms with van der Waals surface area (Å²) in [6.07, 6.45) is 1.23. The van der Waals surface area contributed by atoms with E-state index >= 15 is 0 Å². The summed E-state index contributed by atoms with van der Waals surface area (Å²) in [5.74, 6) is 2.04. The van der Waals surface area contributed by atoms with E-state index in [0.29, 0.717) is 22.6 Å². The van der Waals surface area contributed by atoms with Crippen molar-refractivity contribution in [3.8, 4) is 5.88 Å². The quantitative estimate of drug-likeness (QED) is 0.714. The lowest BCUT2D eigenvalue weighted by molar-refractivity contribution is 0.112. The Kier molecular flexibility index (Phi) is 4.67. The summed E-state index contributed by atoms with van der Waals surface area (Å²) in [6.45, 7) is 8.37. The van der Waals surface area contributed by atoms with Crippen molar-refractivity contribution in [1.29, 1.82) is 0 Å². The molecule has 0 radical (unpaired) electrons. The topological polar surface area (TPSA) is 53.7 Å². The summed E-state index contributed by atoms with van der Waals surface area (Å²) >= 11 is 8.06. The van der Waals surface area contributed by atoms with Crippen molar-refractivity contribution in [3.63, 3.8) is 0 Å². The molecule has 0 unspecified atom stereocenters. The molecule has 5 nitrogen and oxygen atoms in total. The lowest BCUT2D eigenvalue weighted by Crippen LogP contribution is -2.41. The van der Waals surface area contributed by atoms with Crippen molar-refractivity contribution in [2.45, 2.75) is 33.2 Å². The average molecular weight is 391 g/mol. The van der Waals surface area contributed by atoms with Crippen LogP contribution in [0.1, 0.15) is 42.6 Å². The Labute approximate surface area is 162 Å². The molecule has 3 aromatic rings. The van der Waals surface area contributed by atoms with E-state index < -0.39 is 0 Å². The Morgan fingerprint density at radius 3 is 2.58 bits per heavy atom. The van der Waals surface area contributed by atoms with Gasteiger partial charge in [-0.05, 0) is 36.8 Å². The molecule has 3 heterocycles. The van der Waals surface area contributed by atoms with E-state index in [0.717, 1.165) is 28.6 Å². The molecule has 1 aliphatic heterocycles. The summed E-state index contributed by atoms with van der Waals surface area (Å²) in [7, 11) is 0. The monoisotopic (exact) mass is 390 g/mol. The first kappa shape index (κ1) is 17.8. The van der Waals surface area contributed by atoms with E-state index in [-0.39, 0.29) is 11.9 Å². The van der Waals surface area contributed by atoms with Crippen molar-refractivity contribution in [1.82, 2.24) is 19.5 Å². The van der Waals surface area contributed by atoms with Crippen LogP contribution in [-0.2, 0) is 0 Å². The average Bonchev–Trinajstić information content (AvgIpc) is 3.07. The molecule has 3 atom stereocenters. The third-order valence-corrected chi connectivity index (χ3v) is 6.43. The summed E-state index contributed by atoms with van der Waals surface area (Å²) in [4.78, 5) is 8.44. The molecule has 1 aromatic carbocycles. The Bertz CT molecular complexity index is 927. The molecule has 138 valence electrons. The van der Waals surface area contributed by atoms with Crippen LogP contribution in [0.15, 0.2) is 24.3 Å². The fourth-order valence-electron chi connectivity index (χ4n) is 4.15. The first-order chi connectivity index (χ1) is 12.4. The van der Waals surface area contributed by atoms with Crippen LogP contribution in [0, 0.1) is 18.8 Å². The van der Waals surface area contributed by atoms with Crippen molar-refractivity contribution in [3.05, 3.63) is 45.6 Å². The molecular formula is C19H23ClN4OS. The number of nitrogens with zero attached hydrogens (tertiary/aromatic N) is 4. The van der Waals surface area contributed by atoms with Crippen LogP contribution in [0.2, 0.25) is 5.02 Å². The van der Waals surface area contributed by atoms with Gasteiger partial charge in [0, 0.05) is 18.1 Å². The Morgan fingerprint density at radius 2 is 1.92 bits per heavy atom. The van der Waals surface area contributed by atoms with Gasteiger partial charge in [-0.2, -0.15) is 4.52 Å². The summed E-state index contributed by atoms with van der Waals surface area (Å²) in [5.41, 5.74) is 1.02. The maximum atomic E-state index is 10.9. The van der Waals surface area contributed by atoms with Crippen LogP contribution in [-0.4, -0.2) is 37.7 Å². The van der Waals surface area contributed by atoms with Gasteiger partial charge >= 0.3 is 0 Å². The zero-order chi connectivity index (χ0) is 18.4. The minimum absolute atomic E-state index is 0.0947. The maximum absolute atomic E-state index is 10.9. The fourth-order valence-corrected chi connectivity index (χ4v) is 5.54. The second kappa shape index (κ2) is 6.83. The molecule has 1 aliphatic rings. The lowest BCUT2D eigenvalue weighted by atomic mass is 9.89. The van der Waals surface area contributed by atoms with Gasteiger partial charge < -0.3 is 5.11 Å². The van der Waals surface area contributed by atoms with Crippen LogP contribution in [0.25, 0.3) is 4.96 Å². The third-order valence-electron chi connectivity index (χ3n) is 5.02. The molecule has 4 rings (SSSR count). The number of fused-ring (bicyclic) bond motifs is 1. The van der Waals surface area contributed by atoms with Crippen LogP contribution < -0.4 is 0 Å². The number of halogens is 1. The van der Waals surface area contributed by atoms with Crippen LogP contribution in [0.4, 0.5) is 0 Å². The van der Waals surface area contributed by atoms with Crippen molar-refractivity contribution in [2.75, 3.05) is 13.1 Å². The zero-order valence-corrected chi connectivity index (χ0v) is 16.8. The SMILES string of the molecule is Cc1nc2sc([C@H](c3ccccc3Cl)N3C[C@H](C)C[C@@H](C)C3)c(O)n2n1. The number of aromatic hydroxyl groups is 1. The van der Waals surface area contributed by atoms with Gasteiger partial charge in [-0.15, -0.1) is 5.10 Å². The van der Waals surface area contributed by atoms with Gasteiger partial charge in [0.15, 0.2) is 0 Å². The number of thiazole rings is 1. The molecule has 1 N–H and O–H groups in total. The van der Waals surface area contributed by atoms with E-state index in [4.69, 9.17) is 11.6 Å². The van der Waals surface area contributed by atoms with Crippen molar-refractivity contribution < 1.29 is 5.11 Å². The van der Waals surface area contributed by atoms with Gasteiger partial charge in [0.1, 0.15) is 5.82 Å². The van der Waals surface area contributed by atoms with E-state index in [1.54, 1.807) is 0 Å². The molecule has 0 bridgehead atoms. The van der Waals surface area contributed by atoms with Gasteiger partial charge in [-0.3, -0.25) is 4.90 Å². The second-order valence-electron chi connectivity index (χ2n) is 7.47. The summed E-state index contributed by atoms with van der Waals surface area (Å²) in [6, 6.07) is 7.82. The number of aryl methyl sites for hydroxylation is 1. The molecule has 7 heteroatoms. The van der Waals surface area contributed by atoms with E-state index in [1.165, 1.54) is 22.3 Å². The summed E-state index contributed by atoms with van der Waals surface area (Å²) in [5, 5.41) is 15.9. The second-order valence-corrected chi connectivity index (χ2v) is 8.88. The highest BCUT2D eigenvalue weighted by Crippen LogP contribution is 2.43. The first-order valence-corrected chi connectivity index (χ1v) is 10.2. The zero-order valence-electron chi connectivity index (χ0n) is 15.2. The summed E-state index contributed by atoms with van der Waals surface area (Å²) < 4.78 is 1.54. The number of rotatable bonds is 3. The first-order valence-electron chi connectivity index (χ1n) is 8.97. The highest BCUT2D eigenvalue weighted by molar-refractivity contribution is 7.17. The van der Waals surface area contributed by atoms with Gasteiger partial charge in [-0.1, -0.05) is 55.0 Å². The van der Waals surface area contributed by atoms with E-state index in [9.17, 15) is 5.11 Å². The number of hydrogen-bond donors (Lipinski definition) is 1. The standard InChI is InChI=1S/C19H23ClN4OS/c1-11-8-12(2)10-23(9-11)16(14-6-4-5-7-15(14)20)17-18(25)24-19(26-17)21-13(3)22-24/h4-7,11-12,16,25H,8-10H2,1-3H3/t11-,12-,16+/m1/s1. The molecule has 1 saturated heterocycles. The predicted molar refractivity (Wildman–Crippen MR) is 105 cm³/mol. The van der Waals surface area contributed by atoms with Gasteiger partial charge in [0.25, 0.3) is 0 Å². The van der Waals surface area contributed by atoms with Crippen LogP contribution >= 0.6 is 22.9 Å². The van der Waals surface area contributed by atoms with Gasteiger partial charge in [0.2, 0.25) is 10.8 Å². The third kappa shape index (κ3) is 3.10. The number of benzene rings is 1. The maximum Gasteiger partial charge on any atom is 0.230 e. The van der Waals surface area contributed by atoms with Crippen molar-refractivity contribution in [2.24, 2.45) is 11.8 Å². The van der Waals surface area contributed by atoms with Crippen molar-refractivity contribution >= 4 is 27.9 Å². The van der Waals surface area contributed by atoms with Gasteiger partial charge in [0.05, 0.1) is 10.9 Å². The fraction of sp³-hybridized carbons (Fsp3) is 0.474. The van der Waals surface area contributed by atoms with E-state index in [2.05, 4.69) is 34.9 Å². The Balaban J connectivity index is 1.85. The Hall–Kier alpha value is -1.63. The molecule has 0 spiro atoms. The smallest absolute Gasteiger partial charge is 0.230 e. The molecule has 0 amide bonds. The molecule has 2 aromatic heterocycles. The number of aromatic nitrogens is 3. The lowest BCUT2D eigenvalue weighted by Gasteiger charge is -2.40. The highest BCUT2D eigenvalue weighted by atomic mass is 35.5. The van der Waals surface area contributed by atoms with E-state index in [1.807, 2.05) is 25.1 Å². The largest absolute Gasteiger partial charge is 0.492 e.